The molecule has 0 saturated carbocycles. The quantitative estimate of drug-likeness (QED) is 0.489. The lowest BCUT2D eigenvalue weighted by atomic mass is 9.89. The molecular weight excluding hydrogens is 532 g/mol. The third-order valence-electron chi connectivity index (χ3n) is 9.48. The molecule has 2 aromatic rings. The van der Waals surface area contributed by atoms with Crippen molar-refractivity contribution in [2.24, 2.45) is 0 Å². The van der Waals surface area contributed by atoms with Crippen LogP contribution in [0.2, 0.25) is 0 Å². The standard InChI is InChI=1S/C32H44N6O4/c1-5-41-31(39)37-15-13-25-23(19-37)21-9-7-11-27(29(21)33-25)35(3)17-18-36(4)28-12-8-10-22-24-20-38(32(40)42-6-2)16-14-26(24)34-30(22)28/h7-12,23-26,33-34H,5-6,13-20H2,1-4H3/t23-,24-,25-,26-/m0/s1. The van der Waals surface area contributed by atoms with Gasteiger partial charge >= 0.3 is 12.2 Å². The molecule has 2 aromatic carbocycles. The maximum atomic E-state index is 12.4. The van der Waals surface area contributed by atoms with Gasteiger partial charge in [0.15, 0.2) is 0 Å². The van der Waals surface area contributed by atoms with Crippen LogP contribution < -0.4 is 20.4 Å². The van der Waals surface area contributed by atoms with Gasteiger partial charge in [-0.1, -0.05) is 24.3 Å². The zero-order valence-electron chi connectivity index (χ0n) is 25.3. The van der Waals surface area contributed by atoms with E-state index >= 15 is 0 Å². The molecule has 0 spiro atoms. The number of likely N-dealkylation sites (tertiary alicyclic amines) is 2. The number of ether oxygens (including phenoxy) is 2. The number of carbonyl (C=O) groups is 2. The number of likely N-dealkylation sites (N-methyl/N-ethyl adjacent to an activating group) is 2. The van der Waals surface area contributed by atoms with Gasteiger partial charge in [-0.2, -0.15) is 0 Å². The summed E-state index contributed by atoms with van der Waals surface area (Å²) in [6, 6.07) is 13.7. The lowest BCUT2D eigenvalue weighted by Gasteiger charge is -2.34. The van der Waals surface area contributed by atoms with Crippen molar-refractivity contribution in [3.8, 4) is 0 Å². The molecule has 226 valence electrons. The first kappa shape index (κ1) is 28.3. The zero-order valence-corrected chi connectivity index (χ0v) is 25.3. The number of anilines is 4. The fourth-order valence-corrected chi connectivity index (χ4v) is 7.24. The van der Waals surface area contributed by atoms with E-state index in [0.717, 1.165) is 39.0 Å². The molecule has 0 bridgehead atoms. The highest BCUT2D eigenvalue weighted by Gasteiger charge is 2.41. The third kappa shape index (κ3) is 5.16. The fourth-order valence-electron chi connectivity index (χ4n) is 7.24. The van der Waals surface area contributed by atoms with Crippen molar-refractivity contribution in [3.05, 3.63) is 47.5 Å². The molecule has 42 heavy (non-hydrogen) atoms. The van der Waals surface area contributed by atoms with Crippen LogP contribution in [0.15, 0.2) is 36.4 Å². The van der Waals surface area contributed by atoms with Crippen molar-refractivity contribution in [3.63, 3.8) is 0 Å². The molecule has 0 aliphatic carbocycles. The minimum absolute atomic E-state index is 0.210. The van der Waals surface area contributed by atoms with Gasteiger partial charge in [0.25, 0.3) is 0 Å². The molecule has 2 N–H and O–H groups in total. The van der Waals surface area contributed by atoms with Crippen LogP contribution in [0.1, 0.15) is 49.7 Å². The summed E-state index contributed by atoms with van der Waals surface area (Å²) in [4.78, 5) is 33.2. The van der Waals surface area contributed by atoms with E-state index in [0.29, 0.717) is 38.4 Å². The van der Waals surface area contributed by atoms with E-state index in [9.17, 15) is 9.59 Å². The second-order valence-electron chi connectivity index (χ2n) is 11.9. The Morgan fingerprint density at radius 3 is 1.60 bits per heavy atom. The van der Waals surface area contributed by atoms with Crippen LogP contribution in [0.4, 0.5) is 32.3 Å². The summed E-state index contributed by atoms with van der Waals surface area (Å²) in [5.74, 6) is 0.547. The normalized spacial score (nSPS) is 23.5. The van der Waals surface area contributed by atoms with E-state index in [1.165, 1.54) is 33.9 Å². The smallest absolute Gasteiger partial charge is 0.409 e. The number of piperidine rings is 2. The summed E-state index contributed by atoms with van der Waals surface area (Å²) in [5.41, 5.74) is 7.35. The summed E-state index contributed by atoms with van der Waals surface area (Å²) in [6.07, 6.45) is 1.40. The van der Waals surface area contributed by atoms with Crippen molar-refractivity contribution in [1.82, 2.24) is 9.80 Å². The molecule has 10 nitrogen and oxygen atoms in total. The minimum Gasteiger partial charge on any atom is -0.450 e. The Bertz CT molecular complexity index is 1220. The van der Waals surface area contributed by atoms with Gasteiger partial charge < -0.3 is 39.7 Å². The minimum atomic E-state index is -0.210. The van der Waals surface area contributed by atoms with Crippen molar-refractivity contribution in [1.29, 1.82) is 0 Å². The molecule has 10 heteroatoms. The summed E-state index contributed by atoms with van der Waals surface area (Å²) in [5, 5.41) is 7.60. The van der Waals surface area contributed by atoms with Crippen molar-refractivity contribution in [2.75, 3.05) is 87.0 Å². The molecule has 2 saturated heterocycles. The van der Waals surface area contributed by atoms with Gasteiger partial charge in [0.2, 0.25) is 0 Å². The Hall–Kier alpha value is -3.82. The summed E-state index contributed by atoms with van der Waals surface area (Å²) >= 11 is 0. The highest BCUT2D eigenvalue weighted by molar-refractivity contribution is 5.80. The average molecular weight is 577 g/mol. The van der Waals surface area contributed by atoms with Gasteiger partial charge in [-0.05, 0) is 49.9 Å². The van der Waals surface area contributed by atoms with Gasteiger partial charge in [-0.3, -0.25) is 0 Å². The topological polar surface area (TPSA) is 89.6 Å². The number of hydrogen-bond donors (Lipinski definition) is 2. The molecule has 4 heterocycles. The van der Waals surface area contributed by atoms with E-state index in [2.05, 4.69) is 70.9 Å². The molecule has 4 atom stereocenters. The van der Waals surface area contributed by atoms with Crippen LogP contribution in [0.25, 0.3) is 0 Å². The SMILES string of the molecule is CCOC(=O)N1CC[C@@H]2Nc3c(cccc3N(C)CCN(C)c3cccc4c3N[C@H]3CCN(C(=O)OCC)C[C@@H]43)[C@@H]2C1. The Balaban J connectivity index is 1.12. The monoisotopic (exact) mass is 576 g/mol. The summed E-state index contributed by atoms with van der Waals surface area (Å²) in [6.45, 7) is 9.02. The maximum absolute atomic E-state index is 12.4. The molecular formula is C32H44N6O4. The number of hydrogen-bond acceptors (Lipinski definition) is 8. The van der Waals surface area contributed by atoms with Crippen LogP contribution >= 0.6 is 0 Å². The molecule has 0 unspecified atom stereocenters. The third-order valence-corrected chi connectivity index (χ3v) is 9.48. The largest absolute Gasteiger partial charge is 0.450 e. The number of nitrogens with one attached hydrogen (secondary N) is 2. The lowest BCUT2D eigenvalue weighted by Crippen LogP contribution is -2.45. The molecule has 2 fully saturated rings. The number of carbonyl (C=O) groups excluding carboxylic acids is 2. The van der Waals surface area contributed by atoms with Gasteiger partial charge in [0.1, 0.15) is 0 Å². The lowest BCUT2D eigenvalue weighted by molar-refractivity contribution is 0.0941. The Morgan fingerprint density at radius 1 is 0.762 bits per heavy atom. The molecule has 0 aromatic heterocycles. The Labute approximate surface area is 248 Å². The predicted octanol–water partition coefficient (Wildman–Crippen LogP) is 4.74. The zero-order chi connectivity index (χ0) is 29.4. The van der Waals surface area contributed by atoms with Gasteiger partial charge in [0, 0.05) is 77.3 Å². The molecule has 4 aliphatic heterocycles. The molecule has 0 radical (unpaired) electrons. The van der Waals surface area contributed by atoms with Crippen molar-refractivity contribution < 1.29 is 19.1 Å². The van der Waals surface area contributed by atoms with Crippen LogP contribution in [-0.4, -0.2) is 101 Å². The second kappa shape index (κ2) is 11.8. The maximum Gasteiger partial charge on any atom is 0.409 e. The molecule has 4 aliphatic rings. The van der Waals surface area contributed by atoms with E-state index in [4.69, 9.17) is 9.47 Å². The summed E-state index contributed by atoms with van der Waals surface area (Å²) < 4.78 is 10.6. The number of nitrogens with zero attached hydrogens (tertiary/aromatic N) is 4. The van der Waals surface area contributed by atoms with Gasteiger partial charge in [-0.15, -0.1) is 0 Å². The van der Waals surface area contributed by atoms with Crippen LogP contribution in [0.3, 0.4) is 0 Å². The highest BCUT2D eigenvalue weighted by atomic mass is 16.6. The van der Waals surface area contributed by atoms with Crippen molar-refractivity contribution in [2.45, 2.75) is 50.6 Å². The predicted molar refractivity (Wildman–Crippen MR) is 166 cm³/mol. The summed E-state index contributed by atoms with van der Waals surface area (Å²) in [7, 11) is 4.31. The first-order chi connectivity index (χ1) is 20.4. The highest BCUT2D eigenvalue weighted by Crippen LogP contribution is 2.46. The number of rotatable bonds is 7. The van der Waals surface area contributed by atoms with Gasteiger partial charge in [-0.25, -0.2) is 9.59 Å². The van der Waals surface area contributed by atoms with Crippen LogP contribution in [-0.2, 0) is 9.47 Å². The Morgan fingerprint density at radius 2 is 1.19 bits per heavy atom. The second-order valence-corrected chi connectivity index (χ2v) is 11.9. The van der Waals surface area contributed by atoms with Crippen LogP contribution in [0.5, 0.6) is 0 Å². The number of benzene rings is 2. The first-order valence-electron chi connectivity index (χ1n) is 15.4. The van der Waals surface area contributed by atoms with E-state index in [1.807, 2.05) is 23.6 Å². The fraction of sp³-hybridized carbons (Fsp3) is 0.562. The van der Waals surface area contributed by atoms with Crippen molar-refractivity contribution >= 4 is 34.9 Å². The van der Waals surface area contributed by atoms with E-state index in [-0.39, 0.29) is 24.0 Å². The Kier molecular flexibility index (Phi) is 7.96. The van der Waals surface area contributed by atoms with Gasteiger partial charge in [0.05, 0.1) is 36.0 Å². The molecule has 6 rings (SSSR count). The van der Waals surface area contributed by atoms with Crippen LogP contribution in [0, 0.1) is 0 Å². The number of para-hydroxylation sites is 2. The molecule has 2 amide bonds. The number of amides is 2. The van der Waals surface area contributed by atoms with E-state index in [1.54, 1.807) is 0 Å². The first-order valence-corrected chi connectivity index (χ1v) is 15.4. The average Bonchev–Trinajstić information content (AvgIpc) is 3.57. The number of fused-ring (bicyclic) bond motifs is 6. The van der Waals surface area contributed by atoms with E-state index < -0.39 is 0 Å².